The largest absolute Gasteiger partial charge is 0.490 e. The van der Waals surface area contributed by atoms with Gasteiger partial charge in [0.25, 0.3) is 5.91 Å². The van der Waals surface area contributed by atoms with Crippen molar-refractivity contribution in [2.45, 2.75) is 52.5 Å². The second-order valence-corrected chi connectivity index (χ2v) is 8.14. The van der Waals surface area contributed by atoms with Crippen molar-refractivity contribution in [2.24, 2.45) is 0 Å². The van der Waals surface area contributed by atoms with E-state index in [-0.39, 0.29) is 17.8 Å². The molecule has 33 heavy (non-hydrogen) atoms. The van der Waals surface area contributed by atoms with Gasteiger partial charge in [0.1, 0.15) is 5.82 Å². The molecule has 0 fully saturated rings. The van der Waals surface area contributed by atoms with Gasteiger partial charge < -0.3 is 14.8 Å². The molecule has 6 nitrogen and oxygen atoms in total. The van der Waals surface area contributed by atoms with Crippen LogP contribution < -0.4 is 14.8 Å². The highest BCUT2D eigenvalue weighted by Crippen LogP contribution is 2.31. The molecule has 1 unspecified atom stereocenters. The Morgan fingerprint density at radius 3 is 2.48 bits per heavy atom. The first-order valence-corrected chi connectivity index (χ1v) is 11.6. The van der Waals surface area contributed by atoms with Crippen molar-refractivity contribution in [3.8, 4) is 17.2 Å². The number of rotatable bonds is 8. The molecule has 174 valence electrons. The van der Waals surface area contributed by atoms with Crippen LogP contribution in [-0.2, 0) is 12.8 Å². The fourth-order valence-electron chi connectivity index (χ4n) is 4.26. The molecule has 1 aromatic heterocycles. The van der Waals surface area contributed by atoms with Gasteiger partial charge >= 0.3 is 0 Å². The Hall–Kier alpha value is -3.35. The average Bonchev–Trinajstić information content (AvgIpc) is 3.21. The van der Waals surface area contributed by atoms with Gasteiger partial charge in [-0.25, -0.2) is 9.07 Å². The Morgan fingerprint density at radius 1 is 1.06 bits per heavy atom. The quantitative estimate of drug-likeness (QED) is 0.513. The number of amides is 1. The zero-order valence-corrected chi connectivity index (χ0v) is 19.4. The van der Waals surface area contributed by atoms with E-state index in [0.717, 1.165) is 48.2 Å². The smallest absolute Gasteiger partial charge is 0.272 e. The van der Waals surface area contributed by atoms with Crippen molar-refractivity contribution in [3.63, 3.8) is 0 Å². The van der Waals surface area contributed by atoms with E-state index in [0.29, 0.717) is 30.4 Å². The molecule has 0 spiro atoms. The number of aromatic nitrogens is 2. The predicted molar refractivity (Wildman–Crippen MR) is 125 cm³/mol. The molecule has 0 radical (unpaired) electrons. The van der Waals surface area contributed by atoms with Crippen molar-refractivity contribution >= 4 is 5.91 Å². The molecule has 4 rings (SSSR count). The van der Waals surface area contributed by atoms with Crippen LogP contribution in [0.15, 0.2) is 42.5 Å². The minimum absolute atomic E-state index is 0.214. The van der Waals surface area contributed by atoms with Crippen LogP contribution in [0.2, 0.25) is 0 Å². The molecule has 2 aromatic carbocycles. The lowest BCUT2D eigenvalue weighted by molar-refractivity contribution is 0.0933. The minimum Gasteiger partial charge on any atom is -0.490 e. The summed E-state index contributed by atoms with van der Waals surface area (Å²) in [5.41, 5.74) is 4.13. The number of fused-ring (bicyclic) bond motifs is 1. The number of halogens is 1. The zero-order valence-electron chi connectivity index (χ0n) is 19.4. The number of ether oxygens (including phenoxy) is 2. The Kier molecular flexibility index (Phi) is 6.96. The van der Waals surface area contributed by atoms with Crippen LogP contribution in [0.4, 0.5) is 4.39 Å². The molecule has 1 atom stereocenters. The summed E-state index contributed by atoms with van der Waals surface area (Å²) in [6.07, 6.45) is 3.72. The fraction of sp³-hybridized carbons (Fsp3) is 0.385. The number of nitrogens with one attached hydrogen (secondary N) is 1. The number of benzene rings is 2. The Balaban J connectivity index is 1.60. The number of nitrogens with zero attached hydrogens (tertiary/aromatic N) is 2. The molecule has 3 aromatic rings. The summed E-state index contributed by atoms with van der Waals surface area (Å²) >= 11 is 0. The summed E-state index contributed by atoms with van der Waals surface area (Å²) in [7, 11) is 0. The highest BCUT2D eigenvalue weighted by molar-refractivity contribution is 5.94. The molecule has 0 aliphatic heterocycles. The third kappa shape index (κ3) is 4.87. The monoisotopic (exact) mass is 451 g/mol. The summed E-state index contributed by atoms with van der Waals surface area (Å²) in [5, 5.41) is 7.75. The second-order valence-electron chi connectivity index (χ2n) is 8.14. The van der Waals surface area contributed by atoms with Crippen molar-refractivity contribution in [1.82, 2.24) is 15.1 Å². The number of hydrogen-bond donors (Lipinski definition) is 1. The van der Waals surface area contributed by atoms with E-state index in [4.69, 9.17) is 9.47 Å². The Bertz CT molecular complexity index is 1120. The first-order chi connectivity index (χ1) is 16.0. The maximum absolute atomic E-state index is 13.4. The highest BCUT2D eigenvalue weighted by atomic mass is 19.1. The maximum Gasteiger partial charge on any atom is 0.272 e. The summed E-state index contributed by atoms with van der Waals surface area (Å²) in [5.74, 6) is 0.839. The van der Waals surface area contributed by atoms with Crippen LogP contribution in [0, 0.1) is 5.82 Å². The third-order valence-electron chi connectivity index (χ3n) is 5.88. The van der Waals surface area contributed by atoms with E-state index in [2.05, 4.69) is 10.4 Å². The Labute approximate surface area is 193 Å². The van der Waals surface area contributed by atoms with Gasteiger partial charge in [0.15, 0.2) is 17.2 Å². The van der Waals surface area contributed by atoms with Gasteiger partial charge in [0.05, 0.1) is 24.9 Å². The van der Waals surface area contributed by atoms with Crippen LogP contribution in [0.1, 0.15) is 67.0 Å². The van der Waals surface area contributed by atoms with Crippen molar-refractivity contribution in [1.29, 1.82) is 0 Å². The lowest BCUT2D eigenvalue weighted by Crippen LogP contribution is -2.28. The number of hydrogen-bond acceptors (Lipinski definition) is 4. The van der Waals surface area contributed by atoms with E-state index >= 15 is 0 Å². The standard InChI is InChI=1S/C26H30FN3O3/c1-4-32-23-15-10-18(16-24(23)33-5-2)17(3)28-26(31)25-21-8-6-7-9-22(21)30(29-25)20-13-11-19(27)12-14-20/h10-17H,4-9H2,1-3H3,(H,28,31). The third-order valence-corrected chi connectivity index (χ3v) is 5.88. The second kappa shape index (κ2) is 10.1. The summed E-state index contributed by atoms with van der Waals surface area (Å²) in [6.45, 7) is 6.87. The predicted octanol–water partition coefficient (Wildman–Crippen LogP) is 5.18. The van der Waals surface area contributed by atoms with Gasteiger partial charge in [0, 0.05) is 11.3 Å². The number of carbonyl (C=O) groups is 1. The van der Waals surface area contributed by atoms with E-state index in [1.54, 1.807) is 16.8 Å². The summed E-state index contributed by atoms with van der Waals surface area (Å²) in [4.78, 5) is 13.3. The SMILES string of the molecule is CCOc1ccc(C(C)NC(=O)c2nn(-c3ccc(F)cc3)c3c2CCCC3)cc1OCC. The molecule has 1 aliphatic rings. The molecule has 1 amide bonds. The molecule has 1 N–H and O–H groups in total. The minimum atomic E-state index is -0.298. The molecule has 1 aliphatic carbocycles. The molecule has 0 bridgehead atoms. The fourth-order valence-corrected chi connectivity index (χ4v) is 4.26. The van der Waals surface area contributed by atoms with Crippen molar-refractivity contribution in [2.75, 3.05) is 13.2 Å². The van der Waals surface area contributed by atoms with Gasteiger partial charge in [0.2, 0.25) is 0 Å². The first-order valence-electron chi connectivity index (χ1n) is 11.6. The summed E-state index contributed by atoms with van der Waals surface area (Å²) < 4.78 is 26.6. The first kappa shape index (κ1) is 22.8. The topological polar surface area (TPSA) is 65.4 Å². The van der Waals surface area contributed by atoms with E-state index in [1.807, 2.05) is 39.0 Å². The van der Waals surface area contributed by atoms with Gasteiger partial charge in [-0.05, 0) is 88.4 Å². The zero-order chi connectivity index (χ0) is 23.4. The highest BCUT2D eigenvalue weighted by Gasteiger charge is 2.26. The van der Waals surface area contributed by atoms with Crippen molar-refractivity contribution < 1.29 is 18.7 Å². The number of carbonyl (C=O) groups excluding carboxylic acids is 1. The van der Waals surface area contributed by atoms with E-state index in [1.165, 1.54) is 12.1 Å². The van der Waals surface area contributed by atoms with Crippen LogP contribution in [-0.4, -0.2) is 28.9 Å². The maximum atomic E-state index is 13.4. The Morgan fingerprint density at radius 2 is 1.76 bits per heavy atom. The van der Waals surface area contributed by atoms with Crippen molar-refractivity contribution in [3.05, 3.63) is 70.8 Å². The van der Waals surface area contributed by atoms with Crippen LogP contribution >= 0.6 is 0 Å². The van der Waals surface area contributed by atoms with Gasteiger partial charge in [-0.2, -0.15) is 5.10 Å². The van der Waals surface area contributed by atoms with Gasteiger partial charge in [-0.1, -0.05) is 6.07 Å². The van der Waals surface area contributed by atoms with E-state index in [9.17, 15) is 9.18 Å². The molecule has 7 heteroatoms. The molecule has 0 saturated carbocycles. The molecular weight excluding hydrogens is 421 g/mol. The van der Waals surface area contributed by atoms with Gasteiger partial charge in [-0.15, -0.1) is 0 Å². The van der Waals surface area contributed by atoms with Crippen LogP contribution in [0.3, 0.4) is 0 Å². The molecule has 0 saturated heterocycles. The average molecular weight is 452 g/mol. The van der Waals surface area contributed by atoms with Crippen LogP contribution in [0.5, 0.6) is 11.5 Å². The van der Waals surface area contributed by atoms with E-state index < -0.39 is 0 Å². The lowest BCUT2D eigenvalue weighted by atomic mass is 9.95. The normalized spacial score (nSPS) is 13.8. The summed E-state index contributed by atoms with van der Waals surface area (Å²) in [6, 6.07) is 11.7. The molecule has 1 heterocycles. The molecular formula is C26H30FN3O3. The van der Waals surface area contributed by atoms with Gasteiger partial charge in [-0.3, -0.25) is 4.79 Å². The van der Waals surface area contributed by atoms with Crippen LogP contribution in [0.25, 0.3) is 5.69 Å². The lowest BCUT2D eigenvalue weighted by Gasteiger charge is -2.18.